The zero-order valence-electron chi connectivity index (χ0n) is 10.3. The molecule has 2 saturated heterocycles. The number of rotatable bonds is 1. The lowest BCUT2D eigenvalue weighted by Crippen LogP contribution is -2.59. The zero-order valence-corrected chi connectivity index (χ0v) is 10.3. The van der Waals surface area contributed by atoms with Crippen LogP contribution in [-0.2, 0) is 9.59 Å². The summed E-state index contributed by atoms with van der Waals surface area (Å²) in [5.41, 5.74) is 0. The molecule has 2 aliphatic heterocycles. The van der Waals surface area contributed by atoms with Crippen molar-refractivity contribution in [1.29, 1.82) is 0 Å². The average Bonchev–Trinajstić information content (AvgIpc) is 2.38. The van der Waals surface area contributed by atoms with Gasteiger partial charge in [0.25, 0.3) is 0 Å². The van der Waals surface area contributed by atoms with Gasteiger partial charge < -0.3 is 10.2 Å². The molecular weight excluding hydrogens is 263 g/mol. The van der Waals surface area contributed by atoms with Crippen molar-refractivity contribution in [1.82, 2.24) is 15.5 Å². The first-order chi connectivity index (χ1) is 8.88. The van der Waals surface area contributed by atoms with Crippen LogP contribution < -0.4 is 10.6 Å². The number of nitrogens with zero attached hydrogens (tertiary/aromatic N) is 1. The van der Waals surface area contributed by atoms with E-state index in [0.717, 1.165) is 0 Å². The van der Waals surface area contributed by atoms with E-state index in [1.165, 1.54) is 4.90 Å². The third-order valence-electron chi connectivity index (χ3n) is 3.58. The Labute approximate surface area is 108 Å². The molecule has 2 fully saturated rings. The quantitative estimate of drug-likeness (QED) is 0.703. The third kappa shape index (κ3) is 3.37. The lowest BCUT2D eigenvalue weighted by atomic mass is 9.96. The molecule has 0 aromatic heterocycles. The summed E-state index contributed by atoms with van der Waals surface area (Å²) in [5.74, 6) is -1.73. The van der Waals surface area contributed by atoms with Crippen LogP contribution in [0.1, 0.15) is 12.8 Å². The number of carbonyl (C=O) groups excluding carboxylic acids is 2. The molecule has 0 aliphatic carbocycles. The Bertz CT molecular complexity index is 355. The minimum Gasteiger partial charge on any atom is -0.353 e. The first-order valence-corrected chi connectivity index (χ1v) is 6.23. The van der Waals surface area contributed by atoms with Crippen LogP contribution in [0.25, 0.3) is 0 Å². The summed E-state index contributed by atoms with van der Waals surface area (Å²) < 4.78 is 37.5. The number of amides is 2. The number of carbonyl (C=O) groups is 2. The molecule has 2 rings (SSSR count). The van der Waals surface area contributed by atoms with Gasteiger partial charge in [-0.05, 0) is 12.8 Å². The van der Waals surface area contributed by atoms with Crippen molar-refractivity contribution in [3.05, 3.63) is 0 Å². The largest absolute Gasteiger partial charge is 0.391 e. The Balaban J connectivity index is 1.84. The van der Waals surface area contributed by atoms with Gasteiger partial charge in [0.2, 0.25) is 11.8 Å². The van der Waals surface area contributed by atoms with Gasteiger partial charge in [-0.15, -0.1) is 0 Å². The number of likely N-dealkylation sites (tertiary alicyclic amines) is 1. The molecule has 19 heavy (non-hydrogen) atoms. The fraction of sp³-hybridized carbons (Fsp3) is 0.818. The normalized spacial score (nSPS) is 26.2. The molecule has 1 unspecified atom stereocenters. The number of alkyl halides is 3. The number of nitrogens with one attached hydrogen (secondary N) is 2. The van der Waals surface area contributed by atoms with Gasteiger partial charge in [-0.2, -0.15) is 13.2 Å². The molecule has 0 aromatic rings. The van der Waals surface area contributed by atoms with E-state index >= 15 is 0 Å². The Morgan fingerprint density at radius 3 is 2.37 bits per heavy atom. The molecule has 5 nitrogen and oxygen atoms in total. The topological polar surface area (TPSA) is 61.4 Å². The number of halogens is 3. The molecule has 8 heteroatoms. The van der Waals surface area contributed by atoms with Gasteiger partial charge in [-0.1, -0.05) is 0 Å². The molecule has 0 spiro atoms. The van der Waals surface area contributed by atoms with Crippen molar-refractivity contribution in [3.8, 4) is 0 Å². The van der Waals surface area contributed by atoms with Crippen LogP contribution >= 0.6 is 0 Å². The van der Waals surface area contributed by atoms with Crippen LogP contribution in [-0.4, -0.2) is 55.1 Å². The van der Waals surface area contributed by atoms with E-state index in [9.17, 15) is 22.8 Å². The van der Waals surface area contributed by atoms with E-state index < -0.39 is 18.1 Å². The molecule has 0 aromatic carbocycles. The smallest absolute Gasteiger partial charge is 0.353 e. The molecule has 1 atom stereocenters. The molecule has 0 saturated carbocycles. The van der Waals surface area contributed by atoms with Gasteiger partial charge in [0.05, 0.1) is 12.5 Å². The van der Waals surface area contributed by atoms with Crippen molar-refractivity contribution < 1.29 is 22.8 Å². The van der Waals surface area contributed by atoms with E-state index in [4.69, 9.17) is 0 Å². The molecule has 2 aliphatic rings. The van der Waals surface area contributed by atoms with Crippen LogP contribution in [0.4, 0.5) is 13.2 Å². The highest BCUT2D eigenvalue weighted by Gasteiger charge is 2.42. The van der Waals surface area contributed by atoms with Gasteiger partial charge in [0.1, 0.15) is 6.04 Å². The van der Waals surface area contributed by atoms with Crippen LogP contribution in [0.2, 0.25) is 0 Å². The highest BCUT2D eigenvalue weighted by Crippen LogP contribution is 2.34. The van der Waals surface area contributed by atoms with Crippen LogP contribution in [0.15, 0.2) is 0 Å². The van der Waals surface area contributed by atoms with Crippen molar-refractivity contribution in [2.24, 2.45) is 5.92 Å². The van der Waals surface area contributed by atoms with E-state index in [1.807, 2.05) is 0 Å². The fourth-order valence-electron chi connectivity index (χ4n) is 2.39. The summed E-state index contributed by atoms with van der Waals surface area (Å²) in [6.07, 6.45) is -4.27. The van der Waals surface area contributed by atoms with E-state index in [-0.39, 0.29) is 50.8 Å². The predicted molar refractivity (Wildman–Crippen MR) is 60.2 cm³/mol. The summed E-state index contributed by atoms with van der Waals surface area (Å²) in [4.78, 5) is 24.4. The molecule has 2 N–H and O–H groups in total. The second-order valence-corrected chi connectivity index (χ2v) is 4.88. The van der Waals surface area contributed by atoms with E-state index in [0.29, 0.717) is 0 Å². The van der Waals surface area contributed by atoms with Crippen LogP contribution in [0, 0.1) is 5.92 Å². The van der Waals surface area contributed by atoms with Gasteiger partial charge >= 0.3 is 6.18 Å². The molecule has 2 heterocycles. The standard InChI is InChI=1S/C11H16F3N3O2/c12-11(13,14)7-1-3-17(4-2-7)10(19)8-5-16-9(18)6-15-8/h7-8,15H,1-6H2,(H,16,18). The Hall–Kier alpha value is -1.31. The Morgan fingerprint density at radius 2 is 1.89 bits per heavy atom. The number of hydrogen-bond donors (Lipinski definition) is 2. The number of piperazine rings is 1. The predicted octanol–water partition coefficient (Wildman–Crippen LogP) is -0.125. The maximum atomic E-state index is 12.5. The Morgan fingerprint density at radius 1 is 1.26 bits per heavy atom. The van der Waals surface area contributed by atoms with E-state index in [2.05, 4.69) is 10.6 Å². The first kappa shape index (κ1) is 14.1. The highest BCUT2D eigenvalue weighted by atomic mass is 19.4. The van der Waals surface area contributed by atoms with Gasteiger partial charge in [0.15, 0.2) is 0 Å². The molecular formula is C11H16F3N3O2. The van der Waals surface area contributed by atoms with Crippen molar-refractivity contribution in [3.63, 3.8) is 0 Å². The van der Waals surface area contributed by atoms with Crippen LogP contribution in [0.5, 0.6) is 0 Å². The zero-order chi connectivity index (χ0) is 14.0. The van der Waals surface area contributed by atoms with E-state index in [1.54, 1.807) is 0 Å². The molecule has 0 bridgehead atoms. The molecule has 0 radical (unpaired) electrons. The second kappa shape index (κ2) is 5.36. The Kier molecular flexibility index (Phi) is 3.98. The second-order valence-electron chi connectivity index (χ2n) is 4.88. The maximum absolute atomic E-state index is 12.5. The monoisotopic (exact) mass is 279 g/mol. The summed E-state index contributed by atoms with van der Waals surface area (Å²) in [6, 6.07) is -0.528. The van der Waals surface area contributed by atoms with Crippen molar-refractivity contribution >= 4 is 11.8 Å². The third-order valence-corrected chi connectivity index (χ3v) is 3.58. The number of piperidine rings is 1. The average molecular weight is 279 g/mol. The number of hydrogen-bond acceptors (Lipinski definition) is 3. The summed E-state index contributed by atoms with van der Waals surface area (Å²) in [7, 11) is 0. The maximum Gasteiger partial charge on any atom is 0.391 e. The molecule has 2 amide bonds. The first-order valence-electron chi connectivity index (χ1n) is 6.23. The summed E-state index contributed by atoms with van der Waals surface area (Å²) in [5, 5.41) is 5.34. The van der Waals surface area contributed by atoms with Gasteiger partial charge in [0, 0.05) is 19.6 Å². The minimum atomic E-state index is -4.17. The molecule has 108 valence electrons. The van der Waals surface area contributed by atoms with Crippen molar-refractivity contribution in [2.75, 3.05) is 26.2 Å². The highest BCUT2D eigenvalue weighted by molar-refractivity contribution is 5.86. The fourth-order valence-corrected chi connectivity index (χ4v) is 2.39. The summed E-state index contributed by atoms with van der Waals surface area (Å²) in [6.45, 7) is 0.497. The van der Waals surface area contributed by atoms with Gasteiger partial charge in [-0.3, -0.25) is 14.9 Å². The SMILES string of the molecule is O=C1CNC(C(=O)N2CCC(C(F)(F)F)CC2)CN1. The van der Waals surface area contributed by atoms with Crippen molar-refractivity contribution in [2.45, 2.75) is 25.1 Å². The lowest BCUT2D eigenvalue weighted by Gasteiger charge is -2.35. The lowest BCUT2D eigenvalue weighted by molar-refractivity contribution is -0.186. The summed E-state index contributed by atoms with van der Waals surface area (Å²) >= 11 is 0. The van der Waals surface area contributed by atoms with Crippen LogP contribution in [0.3, 0.4) is 0 Å². The minimum absolute atomic E-state index is 0.0473. The van der Waals surface area contributed by atoms with Gasteiger partial charge in [-0.25, -0.2) is 0 Å².